The highest BCUT2D eigenvalue weighted by atomic mass is 35.5. The van der Waals surface area contributed by atoms with Gasteiger partial charge in [0.1, 0.15) is 6.04 Å². The molecule has 8 N–H and O–H groups in total. The number of halogens is 2. The lowest BCUT2D eigenvalue weighted by Gasteiger charge is -2.32. The van der Waals surface area contributed by atoms with Gasteiger partial charge in [-0.25, -0.2) is 9.59 Å². The van der Waals surface area contributed by atoms with Crippen molar-refractivity contribution in [2.45, 2.75) is 55.7 Å². The number of rotatable bonds is 17. The lowest BCUT2D eigenvalue weighted by atomic mass is 10.0. The maximum Gasteiger partial charge on any atom is 0.369 e. The summed E-state index contributed by atoms with van der Waals surface area (Å²) in [6, 6.07) is 5.25. The number of benzene rings is 1. The molecule has 1 aromatic rings. The van der Waals surface area contributed by atoms with Crippen molar-refractivity contribution in [1.82, 2.24) is 5.32 Å². The lowest BCUT2D eigenvalue weighted by molar-refractivity contribution is -0.773. The molecule has 1 aliphatic rings. The summed E-state index contributed by atoms with van der Waals surface area (Å²) in [4.78, 5) is 77.6. The molecule has 2 rings (SSSR count). The average molecular weight is 676 g/mol. The van der Waals surface area contributed by atoms with Gasteiger partial charge in [-0.3, -0.25) is 13.9 Å². The van der Waals surface area contributed by atoms with Crippen LogP contribution in [0.2, 0.25) is 0 Å². The molecule has 3 atom stereocenters. The molecule has 42 heavy (non-hydrogen) atoms. The zero-order valence-corrected chi connectivity index (χ0v) is 26.2. The van der Waals surface area contributed by atoms with Gasteiger partial charge in [0.2, 0.25) is 0 Å². The minimum absolute atomic E-state index is 0.00146. The minimum Gasteiger partial charge on any atom is -0.369 e. The van der Waals surface area contributed by atoms with Gasteiger partial charge in [-0.2, -0.15) is 4.48 Å². The molecule has 1 aromatic carbocycles. The van der Waals surface area contributed by atoms with Crippen LogP contribution in [0.25, 0.3) is 0 Å². The van der Waals surface area contributed by atoms with Gasteiger partial charge in [0.05, 0.1) is 6.54 Å². The molecule has 3 amide bonds. The lowest BCUT2D eigenvalue weighted by Crippen LogP contribution is -2.64. The van der Waals surface area contributed by atoms with Crippen molar-refractivity contribution in [3.05, 3.63) is 29.8 Å². The summed E-state index contributed by atoms with van der Waals surface area (Å²) in [7, 11) is -11.1. The number of nitrogens with one attached hydrogen (secondary N) is 1. The van der Waals surface area contributed by atoms with E-state index in [1.165, 1.54) is 0 Å². The number of carbonyl (C=O) groups excluding carboxylic acids is 3. The van der Waals surface area contributed by atoms with Crippen LogP contribution in [0.5, 0.6) is 0 Å². The van der Waals surface area contributed by atoms with Crippen LogP contribution in [-0.2, 0) is 29.9 Å². The van der Waals surface area contributed by atoms with Gasteiger partial charge in [-0.1, -0.05) is 12.1 Å². The van der Waals surface area contributed by atoms with Crippen LogP contribution < -0.4 is 16.0 Å². The molecule has 0 aromatic heterocycles. The van der Waals surface area contributed by atoms with Crippen LogP contribution in [0.3, 0.4) is 0 Å². The van der Waals surface area contributed by atoms with Crippen LogP contribution in [0, 0.1) is 0 Å². The van der Waals surface area contributed by atoms with Crippen molar-refractivity contribution >= 4 is 62.3 Å². The third-order valence-corrected chi connectivity index (χ3v) is 11.6. The molecule has 1 saturated heterocycles. The Morgan fingerprint density at radius 3 is 2.17 bits per heavy atom. The number of nitrogens with zero attached hydrogens (tertiary/aromatic N) is 2. The van der Waals surface area contributed by atoms with E-state index in [1.54, 1.807) is 0 Å². The molecule has 238 valence electrons. The number of likely N-dealkylation sites (tertiary alicyclic amines) is 1. The van der Waals surface area contributed by atoms with Crippen LogP contribution >= 0.6 is 38.4 Å². The van der Waals surface area contributed by atoms with E-state index in [-0.39, 0.29) is 38.8 Å². The first-order valence-corrected chi connectivity index (χ1v) is 17.6. The molecule has 0 bridgehead atoms. The van der Waals surface area contributed by atoms with Crippen LogP contribution in [-0.4, -0.2) is 102 Å². The van der Waals surface area contributed by atoms with Gasteiger partial charge in [0.15, 0.2) is 6.04 Å². The van der Waals surface area contributed by atoms with Gasteiger partial charge in [0, 0.05) is 56.3 Å². The smallest absolute Gasteiger partial charge is 0.369 e. The predicted octanol–water partition coefficient (Wildman–Crippen LogP) is 0.791. The van der Waals surface area contributed by atoms with Crippen molar-refractivity contribution in [3.63, 3.8) is 0 Å². The van der Waals surface area contributed by atoms with Gasteiger partial charge in [-0.05, 0) is 37.0 Å². The number of hydrogen-bond acceptors (Lipinski definition) is 8. The number of amides is 3. The summed E-state index contributed by atoms with van der Waals surface area (Å²) in [5.41, 5.74) is 7.90. The number of unbranched alkanes of at least 4 members (excludes halogenated alkanes) is 1. The number of carbonyl (C=O) groups is 3. The quantitative estimate of drug-likeness (QED) is 0.0400. The summed E-state index contributed by atoms with van der Waals surface area (Å²) >= 11 is 11.7. The molecule has 1 unspecified atom stereocenters. The van der Waals surface area contributed by atoms with E-state index in [1.807, 2.05) is 29.2 Å². The van der Waals surface area contributed by atoms with Crippen LogP contribution in [0.4, 0.5) is 5.69 Å². The van der Waals surface area contributed by atoms with Crippen LogP contribution in [0.15, 0.2) is 24.3 Å². The Morgan fingerprint density at radius 2 is 1.67 bits per heavy atom. The van der Waals surface area contributed by atoms with E-state index < -0.39 is 55.1 Å². The number of alkyl halides is 2. The Hall–Kier alpha value is -1.41. The molecule has 1 aliphatic heterocycles. The van der Waals surface area contributed by atoms with E-state index in [0.717, 1.165) is 11.3 Å². The number of anilines is 1. The van der Waals surface area contributed by atoms with E-state index >= 15 is 0 Å². The Kier molecular flexibility index (Phi) is 13.6. The second-order valence-corrected chi connectivity index (χ2v) is 15.0. The summed E-state index contributed by atoms with van der Waals surface area (Å²) in [5.74, 6) is -0.362. The maximum absolute atomic E-state index is 13.5. The molecule has 0 saturated carbocycles. The number of imide groups is 1. The first-order chi connectivity index (χ1) is 19.6. The fourth-order valence-electron chi connectivity index (χ4n) is 5.06. The molecule has 18 heteroatoms. The summed E-state index contributed by atoms with van der Waals surface area (Å²) in [5, 5.41) is 8.98. The summed E-state index contributed by atoms with van der Waals surface area (Å²) in [6.45, 7) is 1.22. The Bertz CT molecular complexity index is 1150. The second-order valence-electron chi connectivity index (χ2n) is 10.2. The molecule has 1 heterocycles. The zero-order valence-electron chi connectivity index (χ0n) is 22.9. The highest BCUT2D eigenvalue weighted by molar-refractivity contribution is 7.72. The zero-order chi connectivity index (χ0) is 31.8. The van der Waals surface area contributed by atoms with Gasteiger partial charge < -0.3 is 40.6 Å². The number of quaternary nitrogens is 1. The normalized spacial score (nSPS) is 20.2. The highest BCUT2D eigenvalue weighted by Gasteiger charge is 2.58. The topological polar surface area (TPSA) is 228 Å². The van der Waals surface area contributed by atoms with Crippen LogP contribution in [0.1, 0.15) is 37.7 Å². The SMILES string of the molecule is N[C@@H](Cc1ccc(N(CCCl)CCCl)cc1)C(=O)[N+]1(C=O)CCC[C@H]1C(=O)NCCCCC(O)(P(=O)(O)O)P(=O)(O)O. The molecule has 0 radical (unpaired) electrons. The van der Waals surface area contributed by atoms with Crippen molar-refractivity contribution in [2.75, 3.05) is 42.8 Å². The Morgan fingerprint density at radius 1 is 1.10 bits per heavy atom. The fraction of sp³-hybridized carbons (Fsp3) is 0.625. The van der Waals surface area contributed by atoms with Crippen molar-refractivity contribution in [2.24, 2.45) is 5.73 Å². The fourth-order valence-corrected chi connectivity index (χ4v) is 7.72. The third-order valence-electron chi connectivity index (χ3n) is 7.42. The molecular formula is C24H39Cl2N4O10P2+. The van der Waals surface area contributed by atoms with E-state index in [2.05, 4.69) is 5.32 Å². The molecule has 0 spiro atoms. The molecule has 1 fully saturated rings. The third kappa shape index (κ3) is 8.61. The predicted molar refractivity (Wildman–Crippen MR) is 157 cm³/mol. The molecule has 14 nitrogen and oxygen atoms in total. The maximum atomic E-state index is 13.5. The molecule has 0 aliphatic carbocycles. The van der Waals surface area contributed by atoms with Crippen molar-refractivity contribution in [1.29, 1.82) is 0 Å². The first kappa shape index (κ1) is 36.8. The minimum atomic E-state index is -5.57. The largest absolute Gasteiger partial charge is 0.369 e. The van der Waals surface area contributed by atoms with Gasteiger partial charge >= 0.3 is 27.5 Å². The van der Waals surface area contributed by atoms with E-state index in [0.29, 0.717) is 37.7 Å². The number of hydrogen-bond donors (Lipinski definition) is 7. The van der Waals surface area contributed by atoms with Gasteiger partial charge in [-0.15, -0.1) is 23.2 Å². The van der Waals surface area contributed by atoms with Crippen molar-refractivity contribution < 1.29 is 52.7 Å². The van der Waals surface area contributed by atoms with E-state index in [4.69, 9.17) is 28.9 Å². The van der Waals surface area contributed by atoms with E-state index in [9.17, 15) is 48.2 Å². The number of nitrogens with two attached hydrogens (primary N) is 1. The first-order valence-electron chi connectivity index (χ1n) is 13.3. The highest BCUT2D eigenvalue weighted by Crippen LogP contribution is 2.69. The monoisotopic (exact) mass is 675 g/mol. The molecular weight excluding hydrogens is 637 g/mol. The Balaban J connectivity index is 2.01. The second kappa shape index (κ2) is 15.5. The standard InChI is InChI=1S/C24H38Cl2N4O10P2/c25-10-13-29(14-11-26)19-7-5-18(6-8-19)16-20(27)23(33)30(17-31)15-3-4-21(30)22(32)28-12-2-1-9-24(34,41(35,36)37)42(38,39)40/h5-8,17,20-21,34H,1-4,9-16,27H2,(H4-,28,32,35,36,37,38,39,40)/p+1/t20-,21-,30?/m0/s1. The summed E-state index contributed by atoms with van der Waals surface area (Å²) in [6.07, 6.45) is 0.0552. The number of aliphatic hydroxyl groups is 1. The van der Waals surface area contributed by atoms with Crippen molar-refractivity contribution in [3.8, 4) is 0 Å². The Labute approximate surface area is 254 Å². The van der Waals surface area contributed by atoms with Gasteiger partial charge in [0.25, 0.3) is 11.0 Å². The summed E-state index contributed by atoms with van der Waals surface area (Å²) < 4.78 is 22.2. The average Bonchev–Trinajstić information content (AvgIpc) is 3.36.